The second-order valence-electron chi connectivity index (χ2n) is 11.7. The fourth-order valence-electron chi connectivity index (χ4n) is 6.26. The molecule has 1 unspecified atom stereocenters. The molecule has 2 aromatic rings. The minimum Gasteiger partial charge on any atom is -0.480 e. The number of hydrogen-bond acceptors (Lipinski definition) is 6. The van der Waals surface area contributed by atoms with E-state index in [4.69, 9.17) is 0 Å². The highest BCUT2D eigenvalue weighted by atomic mass is 16.4. The van der Waals surface area contributed by atoms with E-state index < -0.39 is 23.5 Å². The molecule has 1 saturated heterocycles. The van der Waals surface area contributed by atoms with E-state index >= 15 is 0 Å². The average Bonchev–Trinajstić information content (AvgIpc) is 3.40. The SMILES string of the molecule is C[C@H](CC1(C(=O)O)c2ccc(C(=O)N(C)C)cc2CCc2cc(C(=O)N(C)C)ccc21)NCC(=O)N1CCCC1C#N. The Morgan fingerprint density at radius 3 is 1.98 bits per heavy atom. The Kier molecular flexibility index (Phi) is 9.02. The van der Waals surface area contributed by atoms with Crippen molar-refractivity contribution < 1.29 is 24.3 Å². The number of benzene rings is 2. The van der Waals surface area contributed by atoms with E-state index in [2.05, 4.69) is 11.4 Å². The molecular weight excluding hydrogens is 534 g/mol. The highest BCUT2D eigenvalue weighted by molar-refractivity contribution is 5.96. The van der Waals surface area contributed by atoms with Gasteiger partial charge in [0.1, 0.15) is 11.5 Å². The molecular formula is C32H39N5O5. The molecule has 1 fully saturated rings. The van der Waals surface area contributed by atoms with Gasteiger partial charge >= 0.3 is 5.97 Å². The summed E-state index contributed by atoms with van der Waals surface area (Å²) in [6.45, 7) is 2.37. The van der Waals surface area contributed by atoms with Crippen LogP contribution in [0.25, 0.3) is 0 Å². The predicted octanol–water partition coefficient (Wildman–Crippen LogP) is 2.44. The van der Waals surface area contributed by atoms with Crippen LogP contribution in [0, 0.1) is 11.3 Å². The third-order valence-electron chi connectivity index (χ3n) is 8.40. The number of carboxylic acids is 1. The largest absolute Gasteiger partial charge is 0.480 e. The highest BCUT2D eigenvalue weighted by Gasteiger charge is 2.47. The molecule has 0 spiro atoms. The van der Waals surface area contributed by atoms with Gasteiger partial charge in [-0.3, -0.25) is 19.2 Å². The number of aryl methyl sites for hydroxylation is 2. The van der Waals surface area contributed by atoms with E-state index in [1.165, 1.54) is 9.80 Å². The molecule has 1 aliphatic heterocycles. The molecule has 10 nitrogen and oxygen atoms in total. The minimum absolute atomic E-state index is 0.0126. The fourth-order valence-corrected chi connectivity index (χ4v) is 6.26. The molecule has 0 radical (unpaired) electrons. The lowest BCUT2D eigenvalue weighted by molar-refractivity contribution is -0.142. The van der Waals surface area contributed by atoms with Gasteiger partial charge in [-0.25, -0.2) is 0 Å². The molecule has 10 heteroatoms. The van der Waals surface area contributed by atoms with E-state index in [-0.39, 0.29) is 30.7 Å². The number of aliphatic carboxylic acids is 1. The van der Waals surface area contributed by atoms with Crippen molar-refractivity contribution in [3.05, 3.63) is 69.8 Å². The van der Waals surface area contributed by atoms with Gasteiger partial charge in [-0.1, -0.05) is 12.1 Å². The number of likely N-dealkylation sites (tertiary alicyclic amines) is 1. The second-order valence-corrected chi connectivity index (χ2v) is 11.7. The number of carbonyl (C=O) groups excluding carboxylic acids is 3. The molecule has 2 aromatic carbocycles. The topological polar surface area (TPSA) is 134 Å². The molecule has 1 heterocycles. The Morgan fingerprint density at radius 2 is 1.52 bits per heavy atom. The normalized spacial score (nSPS) is 17.7. The molecule has 0 aromatic heterocycles. The lowest BCUT2D eigenvalue weighted by Crippen LogP contribution is -2.47. The first-order valence-corrected chi connectivity index (χ1v) is 14.3. The van der Waals surface area contributed by atoms with Crippen molar-refractivity contribution in [2.24, 2.45) is 0 Å². The van der Waals surface area contributed by atoms with E-state index in [0.29, 0.717) is 48.1 Å². The summed E-state index contributed by atoms with van der Waals surface area (Å²) in [6.07, 6.45) is 2.56. The van der Waals surface area contributed by atoms with Gasteiger partial charge in [0.2, 0.25) is 5.91 Å². The summed E-state index contributed by atoms with van der Waals surface area (Å²) in [5.41, 5.74) is 2.17. The number of rotatable bonds is 8. The number of amides is 3. The first-order valence-electron chi connectivity index (χ1n) is 14.3. The van der Waals surface area contributed by atoms with E-state index in [1.807, 2.05) is 6.92 Å². The van der Waals surface area contributed by atoms with Crippen LogP contribution in [-0.2, 0) is 27.8 Å². The quantitative estimate of drug-likeness (QED) is 0.496. The van der Waals surface area contributed by atoms with E-state index in [1.54, 1.807) is 69.5 Å². The van der Waals surface area contributed by atoms with Crippen molar-refractivity contribution in [2.45, 2.75) is 56.5 Å². The monoisotopic (exact) mass is 573 g/mol. The Labute approximate surface area is 246 Å². The van der Waals surface area contributed by atoms with Crippen LogP contribution >= 0.6 is 0 Å². The fraction of sp³-hybridized carbons (Fsp3) is 0.469. The predicted molar refractivity (Wildman–Crippen MR) is 157 cm³/mol. The Hall–Kier alpha value is -4.23. The van der Waals surface area contributed by atoms with E-state index in [0.717, 1.165) is 17.5 Å². The Morgan fingerprint density at radius 1 is 1.00 bits per heavy atom. The maximum atomic E-state index is 13.5. The number of nitrogens with zero attached hydrogens (tertiary/aromatic N) is 4. The molecule has 0 saturated carbocycles. The lowest BCUT2D eigenvalue weighted by Gasteiger charge is -2.35. The Balaban J connectivity index is 1.77. The first-order chi connectivity index (χ1) is 19.9. The maximum Gasteiger partial charge on any atom is 0.318 e. The highest BCUT2D eigenvalue weighted by Crippen LogP contribution is 2.44. The van der Waals surface area contributed by atoms with Crippen LogP contribution in [0.3, 0.4) is 0 Å². The van der Waals surface area contributed by atoms with Gasteiger partial charge in [0.15, 0.2) is 0 Å². The standard InChI is InChI=1S/C32H39N5O5/c1-20(34-19-28(38)37-14-6-7-25(37)18-33)17-32(31(41)42)26-12-10-23(29(39)35(2)3)15-21(26)8-9-22-16-24(11-13-27(22)32)30(40)36(4)5/h10-13,15-16,20,25,34H,6-9,14,17,19H2,1-5H3,(H,41,42)/t20-,25?/m1/s1. The van der Waals surface area contributed by atoms with Gasteiger partial charge < -0.3 is 25.1 Å². The van der Waals surface area contributed by atoms with Gasteiger partial charge in [0, 0.05) is 51.9 Å². The first kappa shape index (κ1) is 30.7. The lowest BCUT2D eigenvalue weighted by atomic mass is 9.68. The zero-order chi connectivity index (χ0) is 30.8. The number of fused-ring (bicyclic) bond motifs is 2. The second kappa shape index (κ2) is 12.3. The number of nitrogens with one attached hydrogen (secondary N) is 1. The molecule has 2 atom stereocenters. The minimum atomic E-state index is -1.50. The third-order valence-corrected chi connectivity index (χ3v) is 8.40. The summed E-state index contributed by atoms with van der Waals surface area (Å²) >= 11 is 0. The molecule has 3 amide bonds. The van der Waals surface area contributed by atoms with Crippen molar-refractivity contribution >= 4 is 23.7 Å². The number of hydrogen-bond donors (Lipinski definition) is 2. The van der Waals surface area contributed by atoms with Gasteiger partial charge in [0.25, 0.3) is 11.8 Å². The van der Waals surface area contributed by atoms with Crippen LogP contribution in [0.15, 0.2) is 36.4 Å². The van der Waals surface area contributed by atoms with Crippen molar-refractivity contribution in [3.8, 4) is 6.07 Å². The van der Waals surface area contributed by atoms with Crippen LogP contribution in [-0.4, -0.2) is 96.9 Å². The van der Waals surface area contributed by atoms with E-state index in [9.17, 15) is 29.5 Å². The molecule has 222 valence electrons. The van der Waals surface area contributed by atoms with Gasteiger partial charge in [-0.15, -0.1) is 0 Å². The number of nitriles is 1. The molecule has 2 N–H and O–H groups in total. The van der Waals surface area contributed by atoms with Crippen LogP contribution in [0.1, 0.15) is 69.2 Å². The number of carboxylic acid groups (broad SMARTS) is 1. The molecule has 0 bridgehead atoms. The van der Waals surface area contributed by atoms with Crippen molar-refractivity contribution in [1.82, 2.24) is 20.0 Å². The van der Waals surface area contributed by atoms with Gasteiger partial charge in [-0.05, 0) is 85.5 Å². The summed E-state index contributed by atoms with van der Waals surface area (Å²) in [7, 11) is 6.68. The van der Waals surface area contributed by atoms with Crippen molar-refractivity contribution in [2.75, 3.05) is 41.3 Å². The van der Waals surface area contributed by atoms with Crippen LogP contribution in [0.4, 0.5) is 0 Å². The molecule has 2 aliphatic rings. The summed E-state index contributed by atoms with van der Waals surface area (Å²) in [6, 6.07) is 11.7. The molecule has 4 rings (SSSR count). The molecule has 1 aliphatic carbocycles. The van der Waals surface area contributed by atoms with Crippen LogP contribution in [0.2, 0.25) is 0 Å². The Bertz CT molecular complexity index is 1370. The third kappa shape index (κ3) is 5.74. The van der Waals surface area contributed by atoms with Crippen LogP contribution < -0.4 is 5.32 Å². The maximum absolute atomic E-state index is 13.5. The smallest absolute Gasteiger partial charge is 0.318 e. The van der Waals surface area contributed by atoms with Gasteiger partial charge in [0.05, 0.1) is 12.6 Å². The number of carbonyl (C=O) groups is 4. The zero-order valence-corrected chi connectivity index (χ0v) is 24.9. The van der Waals surface area contributed by atoms with Crippen molar-refractivity contribution in [3.63, 3.8) is 0 Å². The van der Waals surface area contributed by atoms with Gasteiger partial charge in [-0.2, -0.15) is 5.26 Å². The molecule has 42 heavy (non-hydrogen) atoms. The van der Waals surface area contributed by atoms with Crippen LogP contribution in [0.5, 0.6) is 0 Å². The summed E-state index contributed by atoms with van der Waals surface area (Å²) in [5, 5.41) is 23.6. The van der Waals surface area contributed by atoms with Crippen molar-refractivity contribution in [1.29, 1.82) is 5.26 Å². The zero-order valence-electron chi connectivity index (χ0n) is 24.9. The summed E-state index contributed by atoms with van der Waals surface area (Å²) in [5.74, 6) is -1.58. The average molecular weight is 574 g/mol. The summed E-state index contributed by atoms with van der Waals surface area (Å²) < 4.78 is 0. The summed E-state index contributed by atoms with van der Waals surface area (Å²) in [4.78, 5) is 56.5.